The summed E-state index contributed by atoms with van der Waals surface area (Å²) in [5.74, 6) is 1.99. The molecule has 0 unspecified atom stereocenters. The van der Waals surface area contributed by atoms with Crippen LogP contribution in [-0.2, 0) is 9.59 Å². The van der Waals surface area contributed by atoms with Crippen LogP contribution in [0.4, 0.5) is 5.82 Å². The van der Waals surface area contributed by atoms with Crippen LogP contribution in [0.5, 0.6) is 0 Å². The largest absolute Gasteiger partial charge is 0.320 e. The van der Waals surface area contributed by atoms with Gasteiger partial charge in [0.2, 0.25) is 11.8 Å². The van der Waals surface area contributed by atoms with Crippen LogP contribution in [0.2, 0.25) is 0 Å². The molecule has 2 aromatic rings. The molecule has 4 rings (SSSR count). The molecular formula is C16H17N3O2S2. The zero-order valence-electron chi connectivity index (χ0n) is 12.5. The topological polar surface area (TPSA) is 62.3 Å². The third-order valence-corrected chi connectivity index (χ3v) is 6.44. The van der Waals surface area contributed by atoms with E-state index in [1.807, 2.05) is 17.5 Å². The highest BCUT2D eigenvalue weighted by Gasteiger charge is 2.39. The lowest BCUT2D eigenvalue weighted by molar-refractivity contribution is -0.141. The van der Waals surface area contributed by atoms with Crippen LogP contribution in [0.1, 0.15) is 19.3 Å². The first-order valence-electron chi connectivity index (χ1n) is 7.75. The van der Waals surface area contributed by atoms with Crippen molar-refractivity contribution in [1.29, 1.82) is 0 Å². The number of anilines is 1. The Bertz CT molecular complexity index is 757. The van der Waals surface area contributed by atoms with E-state index in [9.17, 15) is 9.59 Å². The standard InChI is InChI=1S/C16H17N3O2S2/c20-15(18-14-11-5-7-23-13(11)4-6-17-14)12-8-22-9-19(12)16(21)10-2-1-3-10/h4-7,10,12H,1-3,8-9H2,(H,17,18,20)/t12-/m0/s1. The Morgan fingerprint density at radius 2 is 2.17 bits per heavy atom. The van der Waals surface area contributed by atoms with Crippen molar-refractivity contribution >= 4 is 50.8 Å². The van der Waals surface area contributed by atoms with Crippen molar-refractivity contribution in [2.75, 3.05) is 16.9 Å². The predicted octanol–water partition coefficient (Wildman–Crippen LogP) is 2.94. The third-order valence-electron chi connectivity index (χ3n) is 4.54. The maximum Gasteiger partial charge on any atom is 0.249 e. The Kier molecular flexibility index (Phi) is 3.98. The molecule has 2 aromatic heterocycles. The lowest BCUT2D eigenvalue weighted by atomic mass is 9.84. The molecule has 5 nitrogen and oxygen atoms in total. The van der Waals surface area contributed by atoms with Crippen LogP contribution in [0.3, 0.4) is 0 Å². The molecule has 1 atom stereocenters. The summed E-state index contributed by atoms with van der Waals surface area (Å²) < 4.78 is 1.10. The summed E-state index contributed by atoms with van der Waals surface area (Å²) in [5, 5.41) is 5.86. The van der Waals surface area contributed by atoms with E-state index in [0.29, 0.717) is 17.4 Å². The Hall–Kier alpha value is -1.60. The predicted molar refractivity (Wildman–Crippen MR) is 93.5 cm³/mol. The summed E-state index contributed by atoms with van der Waals surface area (Å²) in [4.78, 5) is 31.2. The molecule has 2 aliphatic rings. The number of hydrogen-bond acceptors (Lipinski definition) is 5. The molecule has 1 aliphatic carbocycles. The number of thiophene rings is 1. The first-order chi connectivity index (χ1) is 11.2. The second-order valence-electron chi connectivity index (χ2n) is 5.93. The molecule has 2 amide bonds. The molecule has 0 bridgehead atoms. The molecule has 1 aliphatic heterocycles. The summed E-state index contributed by atoms with van der Waals surface area (Å²) in [5.41, 5.74) is 0. The number of nitrogens with one attached hydrogen (secondary N) is 1. The summed E-state index contributed by atoms with van der Waals surface area (Å²) in [6.45, 7) is 0. The highest BCUT2D eigenvalue weighted by molar-refractivity contribution is 7.99. The van der Waals surface area contributed by atoms with Gasteiger partial charge in [0.1, 0.15) is 11.9 Å². The van der Waals surface area contributed by atoms with Gasteiger partial charge in [-0.25, -0.2) is 4.98 Å². The molecule has 3 heterocycles. The van der Waals surface area contributed by atoms with E-state index in [1.165, 1.54) is 0 Å². The smallest absolute Gasteiger partial charge is 0.249 e. The van der Waals surface area contributed by atoms with Gasteiger partial charge in [0.15, 0.2) is 0 Å². The van der Waals surface area contributed by atoms with Crippen molar-refractivity contribution in [3.8, 4) is 0 Å². The fraction of sp³-hybridized carbons (Fsp3) is 0.438. The number of aromatic nitrogens is 1. The number of fused-ring (bicyclic) bond motifs is 1. The summed E-state index contributed by atoms with van der Waals surface area (Å²) >= 11 is 3.26. The Balaban J connectivity index is 1.51. The molecule has 1 saturated carbocycles. The van der Waals surface area contributed by atoms with Gasteiger partial charge < -0.3 is 10.2 Å². The van der Waals surface area contributed by atoms with Gasteiger partial charge in [-0.3, -0.25) is 9.59 Å². The van der Waals surface area contributed by atoms with Crippen molar-refractivity contribution in [2.24, 2.45) is 5.92 Å². The SMILES string of the molecule is O=C(Nc1nccc2sccc12)[C@@H]1CSCN1C(=O)C1CCC1. The highest BCUT2D eigenvalue weighted by atomic mass is 32.2. The average molecular weight is 347 g/mol. The number of amides is 2. The van der Waals surface area contributed by atoms with Crippen LogP contribution in [0.15, 0.2) is 23.7 Å². The minimum Gasteiger partial charge on any atom is -0.320 e. The normalized spacial score (nSPS) is 21.4. The van der Waals surface area contributed by atoms with E-state index in [4.69, 9.17) is 0 Å². The van der Waals surface area contributed by atoms with E-state index in [0.717, 1.165) is 29.3 Å². The maximum absolute atomic E-state index is 12.7. The lowest BCUT2D eigenvalue weighted by Gasteiger charge is -2.31. The van der Waals surface area contributed by atoms with E-state index in [2.05, 4.69) is 10.3 Å². The lowest BCUT2D eigenvalue weighted by Crippen LogP contribution is -2.48. The Morgan fingerprint density at radius 3 is 2.96 bits per heavy atom. The fourth-order valence-electron chi connectivity index (χ4n) is 2.96. The van der Waals surface area contributed by atoms with Gasteiger partial charge in [0.05, 0.1) is 5.88 Å². The molecule has 1 N–H and O–H groups in total. The monoisotopic (exact) mass is 347 g/mol. The van der Waals surface area contributed by atoms with Gasteiger partial charge >= 0.3 is 0 Å². The molecule has 2 fully saturated rings. The van der Waals surface area contributed by atoms with Crippen molar-refractivity contribution < 1.29 is 9.59 Å². The second kappa shape index (κ2) is 6.13. The molecule has 0 aromatic carbocycles. The van der Waals surface area contributed by atoms with Gasteiger partial charge in [-0.2, -0.15) is 0 Å². The molecule has 120 valence electrons. The number of rotatable bonds is 3. The quantitative estimate of drug-likeness (QED) is 0.927. The van der Waals surface area contributed by atoms with Crippen LogP contribution in [0, 0.1) is 5.92 Å². The Labute approximate surface area is 142 Å². The van der Waals surface area contributed by atoms with Crippen LogP contribution < -0.4 is 5.32 Å². The summed E-state index contributed by atoms with van der Waals surface area (Å²) in [6.07, 6.45) is 4.75. The summed E-state index contributed by atoms with van der Waals surface area (Å²) in [6, 6.07) is 3.51. The number of nitrogens with zero attached hydrogens (tertiary/aromatic N) is 2. The van der Waals surface area contributed by atoms with Crippen LogP contribution in [-0.4, -0.2) is 39.4 Å². The van der Waals surface area contributed by atoms with Gasteiger partial charge in [0.25, 0.3) is 0 Å². The fourth-order valence-corrected chi connectivity index (χ4v) is 4.91. The number of pyridine rings is 1. The van der Waals surface area contributed by atoms with Crippen molar-refractivity contribution in [1.82, 2.24) is 9.88 Å². The molecule has 23 heavy (non-hydrogen) atoms. The van der Waals surface area contributed by atoms with E-state index >= 15 is 0 Å². The van der Waals surface area contributed by atoms with Crippen LogP contribution >= 0.6 is 23.1 Å². The number of carbonyl (C=O) groups is 2. The first kappa shape index (κ1) is 15.0. The number of thioether (sulfide) groups is 1. The average Bonchev–Trinajstić information content (AvgIpc) is 3.15. The maximum atomic E-state index is 12.7. The van der Waals surface area contributed by atoms with Crippen molar-refractivity contribution in [2.45, 2.75) is 25.3 Å². The van der Waals surface area contributed by atoms with E-state index < -0.39 is 0 Å². The zero-order chi connectivity index (χ0) is 15.8. The van der Waals surface area contributed by atoms with Crippen molar-refractivity contribution in [3.63, 3.8) is 0 Å². The summed E-state index contributed by atoms with van der Waals surface area (Å²) in [7, 11) is 0. The molecule has 0 spiro atoms. The van der Waals surface area contributed by atoms with E-state index in [-0.39, 0.29) is 23.8 Å². The minimum absolute atomic E-state index is 0.127. The van der Waals surface area contributed by atoms with Crippen molar-refractivity contribution in [3.05, 3.63) is 23.7 Å². The second-order valence-corrected chi connectivity index (χ2v) is 7.88. The number of carbonyl (C=O) groups excluding carboxylic acids is 2. The van der Waals surface area contributed by atoms with Crippen LogP contribution in [0.25, 0.3) is 10.1 Å². The van der Waals surface area contributed by atoms with Gasteiger partial charge in [-0.1, -0.05) is 6.42 Å². The number of hydrogen-bond donors (Lipinski definition) is 1. The molecule has 0 radical (unpaired) electrons. The minimum atomic E-state index is -0.385. The Morgan fingerprint density at radius 1 is 1.30 bits per heavy atom. The molecular weight excluding hydrogens is 330 g/mol. The third kappa shape index (κ3) is 2.72. The molecule has 7 heteroatoms. The molecule has 1 saturated heterocycles. The van der Waals surface area contributed by atoms with Gasteiger partial charge in [-0.15, -0.1) is 23.1 Å². The highest BCUT2D eigenvalue weighted by Crippen LogP contribution is 2.33. The van der Waals surface area contributed by atoms with E-state index in [1.54, 1.807) is 34.2 Å². The van der Waals surface area contributed by atoms with Gasteiger partial charge in [0, 0.05) is 28.0 Å². The van der Waals surface area contributed by atoms with Gasteiger partial charge in [-0.05, 0) is 30.4 Å². The first-order valence-corrected chi connectivity index (χ1v) is 9.79. The zero-order valence-corrected chi connectivity index (χ0v) is 14.2.